The first-order valence-electron chi connectivity index (χ1n) is 12.7. The van der Waals surface area contributed by atoms with Crippen molar-refractivity contribution in [3.05, 3.63) is 72.5 Å². The number of imidazole rings is 2. The van der Waals surface area contributed by atoms with Crippen LogP contribution in [-0.2, 0) is 39.3 Å². The molecule has 0 spiro atoms. The highest BCUT2D eigenvalue weighted by Crippen LogP contribution is 2.37. The van der Waals surface area contributed by atoms with Crippen molar-refractivity contribution < 1.29 is 37.9 Å². The smallest absolute Gasteiger partial charge is 0.374 e. The first-order chi connectivity index (χ1) is 20.7. The van der Waals surface area contributed by atoms with Crippen molar-refractivity contribution in [2.75, 3.05) is 24.9 Å². The molecular formula is C27H27N7O8S. The second-order valence-corrected chi connectivity index (χ2v) is 10.8. The van der Waals surface area contributed by atoms with Crippen LogP contribution in [0, 0.1) is 0 Å². The lowest BCUT2D eigenvalue weighted by Gasteiger charge is -2.24. The van der Waals surface area contributed by atoms with E-state index in [1.54, 1.807) is 12.1 Å². The minimum Gasteiger partial charge on any atom is -0.508 e. The SMILES string of the molecule is CO/C(=C\c1ccc(O)cc1)C(=O)OC1C(OC(=O)/C=C/c2cnc[nH]2)[C@@H](CS(C)=O)O[C@H]1n1cnc2c(N)ncnc21. The molecule has 43 heavy (non-hydrogen) atoms. The van der Waals surface area contributed by atoms with Gasteiger partial charge in [-0.15, -0.1) is 0 Å². The second kappa shape index (κ2) is 12.8. The molecule has 4 heterocycles. The van der Waals surface area contributed by atoms with Crippen molar-refractivity contribution >= 4 is 51.9 Å². The molecular weight excluding hydrogens is 582 g/mol. The standard InChI is InChI=1S/C27H27N7O8S/c1-39-18(9-15-3-6-17(35)7-4-15)27(37)42-23-22(41-20(36)8-5-16-10-29-12-30-16)19(11-43(2)38)40-26(23)34-14-33-21-24(28)31-13-32-25(21)34/h3-10,12-14,19,22-23,26,35H,11H2,1-2H3,(H,29,30)(H2,28,31,32)/b8-5+,18-9-/t19-,22?,23?,26-,43?/m1/s1. The number of aromatic hydroxyl groups is 1. The Morgan fingerprint density at radius 1 is 1.19 bits per heavy atom. The van der Waals surface area contributed by atoms with Crippen molar-refractivity contribution in [1.82, 2.24) is 29.5 Å². The van der Waals surface area contributed by atoms with E-state index in [4.69, 9.17) is 24.7 Å². The van der Waals surface area contributed by atoms with E-state index in [0.29, 0.717) is 11.3 Å². The number of anilines is 1. The number of phenolic OH excluding ortho intramolecular Hbond substituents is 1. The molecule has 1 aliphatic heterocycles. The number of nitrogens with two attached hydrogens (primary N) is 1. The van der Waals surface area contributed by atoms with Crippen LogP contribution in [0.4, 0.5) is 5.82 Å². The Morgan fingerprint density at radius 3 is 2.67 bits per heavy atom. The van der Waals surface area contributed by atoms with Gasteiger partial charge in [-0.05, 0) is 29.8 Å². The highest BCUT2D eigenvalue weighted by molar-refractivity contribution is 7.84. The van der Waals surface area contributed by atoms with Gasteiger partial charge < -0.3 is 34.8 Å². The van der Waals surface area contributed by atoms with Gasteiger partial charge in [0, 0.05) is 23.1 Å². The fourth-order valence-corrected chi connectivity index (χ4v) is 5.15. The molecule has 224 valence electrons. The van der Waals surface area contributed by atoms with Crippen LogP contribution in [0.25, 0.3) is 23.3 Å². The number of carbonyl (C=O) groups excluding carboxylic acids is 2. The van der Waals surface area contributed by atoms with Crippen molar-refractivity contribution in [1.29, 1.82) is 0 Å². The molecule has 0 aliphatic carbocycles. The lowest BCUT2D eigenvalue weighted by Crippen LogP contribution is -2.41. The van der Waals surface area contributed by atoms with Crippen molar-refractivity contribution in [2.24, 2.45) is 0 Å². The van der Waals surface area contributed by atoms with E-state index < -0.39 is 47.3 Å². The summed E-state index contributed by atoms with van der Waals surface area (Å²) in [5, 5.41) is 9.58. The zero-order valence-electron chi connectivity index (χ0n) is 22.9. The van der Waals surface area contributed by atoms with Gasteiger partial charge in [-0.1, -0.05) is 12.1 Å². The summed E-state index contributed by atoms with van der Waals surface area (Å²) in [6.07, 6.45) is 6.54. The van der Waals surface area contributed by atoms with Crippen LogP contribution in [0.2, 0.25) is 0 Å². The number of aromatic amines is 1. The van der Waals surface area contributed by atoms with Crippen LogP contribution in [0.15, 0.2) is 61.3 Å². The highest BCUT2D eigenvalue weighted by Gasteiger charge is 2.51. The first-order valence-corrected chi connectivity index (χ1v) is 14.5. The summed E-state index contributed by atoms with van der Waals surface area (Å²) in [5.41, 5.74) is 7.61. The molecule has 1 fully saturated rings. The number of nitrogens with zero attached hydrogens (tertiary/aromatic N) is 5. The van der Waals surface area contributed by atoms with Gasteiger partial charge in [0.25, 0.3) is 0 Å². The normalized spacial score (nSPS) is 21.2. The Balaban J connectivity index is 1.51. The quantitative estimate of drug-likeness (QED) is 0.132. The maximum atomic E-state index is 13.5. The van der Waals surface area contributed by atoms with Gasteiger partial charge >= 0.3 is 11.9 Å². The maximum Gasteiger partial charge on any atom is 0.374 e. The summed E-state index contributed by atoms with van der Waals surface area (Å²) in [4.78, 5) is 45.6. The third kappa shape index (κ3) is 6.70. The van der Waals surface area contributed by atoms with Gasteiger partial charge in [-0.2, -0.15) is 0 Å². The minimum atomic E-state index is -1.39. The number of hydrogen-bond acceptors (Lipinski definition) is 13. The number of carbonyl (C=O) groups is 2. The topological polar surface area (TPSA) is 207 Å². The predicted octanol–water partition coefficient (Wildman–Crippen LogP) is 1.34. The van der Waals surface area contributed by atoms with Crippen LogP contribution in [0.3, 0.4) is 0 Å². The number of benzene rings is 1. The number of nitrogen functional groups attached to an aromatic ring is 1. The Hall–Kier alpha value is -5.09. The number of ether oxygens (including phenoxy) is 4. The van der Waals surface area contributed by atoms with Crippen LogP contribution < -0.4 is 5.73 Å². The van der Waals surface area contributed by atoms with Gasteiger partial charge in [-0.25, -0.2) is 29.5 Å². The molecule has 4 N–H and O–H groups in total. The number of methoxy groups -OCH3 is 1. The molecule has 1 aliphatic rings. The number of nitrogens with one attached hydrogen (secondary N) is 1. The van der Waals surface area contributed by atoms with Crippen LogP contribution in [0.5, 0.6) is 5.75 Å². The molecule has 0 bridgehead atoms. The van der Waals surface area contributed by atoms with Crippen LogP contribution >= 0.6 is 0 Å². The number of hydrogen-bond donors (Lipinski definition) is 3. The first kappa shape index (κ1) is 29.4. The molecule has 15 nitrogen and oxygen atoms in total. The summed E-state index contributed by atoms with van der Waals surface area (Å²) >= 11 is 0. The molecule has 0 saturated carbocycles. The van der Waals surface area contributed by atoms with Crippen LogP contribution in [-0.4, -0.2) is 88.2 Å². The van der Waals surface area contributed by atoms with Gasteiger partial charge in [-0.3, -0.25) is 8.78 Å². The molecule has 16 heteroatoms. The molecule has 1 aromatic carbocycles. The highest BCUT2D eigenvalue weighted by atomic mass is 32.2. The fraction of sp³-hybridized carbons (Fsp3) is 0.259. The van der Waals surface area contributed by atoms with E-state index in [9.17, 15) is 18.9 Å². The lowest BCUT2D eigenvalue weighted by atomic mass is 10.1. The van der Waals surface area contributed by atoms with Gasteiger partial charge in [0.1, 0.15) is 23.7 Å². The van der Waals surface area contributed by atoms with Crippen molar-refractivity contribution in [3.8, 4) is 5.75 Å². The average Bonchev–Trinajstić information content (AvgIpc) is 3.72. The number of phenols is 1. The molecule has 3 unspecified atom stereocenters. The molecule has 5 rings (SSSR count). The average molecular weight is 610 g/mol. The number of fused-ring (bicyclic) bond motifs is 1. The van der Waals surface area contributed by atoms with Gasteiger partial charge in [0.2, 0.25) is 5.76 Å². The molecule has 5 atom stereocenters. The van der Waals surface area contributed by atoms with Gasteiger partial charge in [0.05, 0.1) is 37.4 Å². The lowest BCUT2D eigenvalue weighted by molar-refractivity contribution is -0.164. The Labute approximate surface area is 246 Å². The largest absolute Gasteiger partial charge is 0.508 e. The molecule has 0 amide bonds. The Morgan fingerprint density at radius 2 is 1.98 bits per heavy atom. The third-order valence-corrected chi connectivity index (χ3v) is 7.17. The summed E-state index contributed by atoms with van der Waals surface area (Å²) < 4.78 is 37.0. The summed E-state index contributed by atoms with van der Waals surface area (Å²) in [7, 11) is -0.101. The monoisotopic (exact) mass is 609 g/mol. The van der Waals surface area contributed by atoms with E-state index in [0.717, 1.165) is 0 Å². The summed E-state index contributed by atoms with van der Waals surface area (Å²) in [5.74, 6) is -1.74. The second-order valence-electron chi connectivity index (χ2n) is 9.30. The Kier molecular flexibility index (Phi) is 8.77. The van der Waals surface area contributed by atoms with Crippen LogP contribution in [0.1, 0.15) is 17.5 Å². The van der Waals surface area contributed by atoms with E-state index in [-0.39, 0.29) is 34.2 Å². The molecule has 4 aromatic rings. The summed E-state index contributed by atoms with van der Waals surface area (Å²) in [6, 6.07) is 6.05. The van der Waals surface area contributed by atoms with Crippen molar-refractivity contribution in [2.45, 2.75) is 24.5 Å². The van der Waals surface area contributed by atoms with Crippen molar-refractivity contribution in [3.63, 3.8) is 0 Å². The maximum absolute atomic E-state index is 13.5. The Bertz CT molecular complexity index is 1690. The van der Waals surface area contributed by atoms with Gasteiger partial charge in [0.15, 0.2) is 29.9 Å². The van der Waals surface area contributed by atoms with E-state index in [1.165, 1.54) is 73.5 Å². The molecule has 0 radical (unpaired) electrons. The number of aromatic nitrogens is 6. The van der Waals surface area contributed by atoms with E-state index in [2.05, 4.69) is 24.9 Å². The number of rotatable bonds is 10. The molecule has 1 saturated heterocycles. The fourth-order valence-electron chi connectivity index (χ4n) is 4.42. The summed E-state index contributed by atoms with van der Waals surface area (Å²) in [6.45, 7) is 0. The molecule has 3 aromatic heterocycles. The van der Waals surface area contributed by atoms with E-state index >= 15 is 0 Å². The van der Waals surface area contributed by atoms with E-state index in [1.807, 2.05) is 0 Å². The predicted molar refractivity (Wildman–Crippen MR) is 153 cm³/mol. The zero-order chi connectivity index (χ0) is 30.5. The number of H-pyrrole nitrogens is 1. The number of esters is 2. The minimum absolute atomic E-state index is 0.0446. The third-order valence-electron chi connectivity index (χ3n) is 6.37. The zero-order valence-corrected chi connectivity index (χ0v) is 23.7.